The fraction of sp³-hybridized carbons (Fsp3) is 0.200. The zero-order chi connectivity index (χ0) is 11.7. The fourth-order valence-electron chi connectivity index (χ4n) is 1.41. The lowest BCUT2D eigenvalue weighted by Gasteiger charge is -2.00. The average Bonchev–Trinajstić information content (AvgIpc) is 2.84. The summed E-state index contributed by atoms with van der Waals surface area (Å²) in [5.41, 5.74) is 1.34. The van der Waals surface area contributed by atoms with Gasteiger partial charge in [0.05, 0.1) is 18.4 Å². The fourth-order valence-corrected chi connectivity index (χ4v) is 2.28. The first-order valence-electron chi connectivity index (χ1n) is 4.52. The maximum atomic E-state index is 11.3. The Balaban J connectivity index is 2.49. The molecule has 0 saturated carbocycles. The summed E-state index contributed by atoms with van der Waals surface area (Å²) >= 11 is 1.15. The van der Waals surface area contributed by atoms with Gasteiger partial charge < -0.3 is 9.84 Å². The minimum atomic E-state index is -0.532. The summed E-state index contributed by atoms with van der Waals surface area (Å²) in [6.45, 7) is 0. The molecule has 0 aliphatic rings. The summed E-state index contributed by atoms with van der Waals surface area (Å²) in [6.07, 6.45) is 1.63. The Morgan fingerprint density at radius 3 is 2.94 bits per heavy atom. The molecule has 2 heterocycles. The number of carbonyl (C=O) groups excluding carboxylic acids is 1. The Kier molecular flexibility index (Phi) is 2.66. The largest absolute Gasteiger partial charge is 0.505 e. The normalized spacial score (nSPS) is 10.4. The monoisotopic (exact) mass is 238 g/mol. The number of aromatic nitrogens is 2. The van der Waals surface area contributed by atoms with Crippen molar-refractivity contribution in [2.45, 2.75) is 0 Å². The van der Waals surface area contributed by atoms with Gasteiger partial charge >= 0.3 is 5.97 Å². The van der Waals surface area contributed by atoms with E-state index in [1.54, 1.807) is 29.4 Å². The molecule has 0 bridgehead atoms. The third-order valence-electron chi connectivity index (χ3n) is 2.23. The van der Waals surface area contributed by atoms with E-state index < -0.39 is 5.97 Å². The van der Waals surface area contributed by atoms with Gasteiger partial charge in [-0.15, -0.1) is 11.3 Å². The third kappa shape index (κ3) is 1.57. The first-order valence-corrected chi connectivity index (χ1v) is 5.40. The number of thiophene rings is 1. The molecular formula is C10H10N2O3S. The molecule has 0 aliphatic carbocycles. The topological polar surface area (TPSA) is 64.3 Å². The molecule has 0 radical (unpaired) electrons. The van der Waals surface area contributed by atoms with E-state index in [4.69, 9.17) is 0 Å². The van der Waals surface area contributed by atoms with Crippen LogP contribution in [0.15, 0.2) is 17.6 Å². The van der Waals surface area contributed by atoms with E-state index in [0.717, 1.165) is 17.0 Å². The number of aryl methyl sites for hydroxylation is 1. The molecule has 16 heavy (non-hydrogen) atoms. The number of aromatic hydroxyl groups is 1. The third-order valence-corrected chi connectivity index (χ3v) is 3.18. The van der Waals surface area contributed by atoms with Crippen LogP contribution in [0.25, 0.3) is 11.3 Å². The molecule has 0 aromatic carbocycles. The number of hydrogen-bond donors (Lipinski definition) is 1. The lowest BCUT2D eigenvalue weighted by Crippen LogP contribution is -1.98. The van der Waals surface area contributed by atoms with Crippen molar-refractivity contribution in [3.8, 4) is 17.0 Å². The van der Waals surface area contributed by atoms with Crippen LogP contribution in [0.3, 0.4) is 0 Å². The van der Waals surface area contributed by atoms with Crippen LogP contribution in [0, 0.1) is 0 Å². The maximum Gasteiger partial charge on any atom is 0.351 e. The van der Waals surface area contributed by atoms with E-state index in [1.165, 1.54) is 7.11 Å². The Hall–Kier alpha value is -1.82. The van der Waals surface area contributed by atoms with Gasteiger partial charge in [-0.05, 0) is 6.07 Å². The second-order valence-electron chi connectivity index (χ2n) is 3.16. The number of nitrogens with zero attached hydrogens (tertiary/aromatic N) is 2. The van der Waals surface area contributed by atoms with Crippen LogP contribution in [0.1, 0.15) is 9.67 Å². The van der Waals surface area contributed by atoms with Crippen LogP contribution in [0.2, 0.25) is 0 Å². The van der Waals surface area contributed by atoms with Crippen LogP contribution >= 0.6 is 11.3 Å². The minimum absolute atomic E-state index is 0.0551. The van der Waals surface area contributed by atoms with Crippen LogP contribution in [0.5, 0.6) is 5.75 Å². The number of ether oxygens (including phenoxy) is 1. The summed E-state index contributed by atoms with van der Waals surface area (Å²) < 4.78 is 6.19. The predicted molar refractivity (Wildman–Crippen MR) is 59.5 cm³/mol. The highest BCUT2D eigenvalue weighted by Crippen LogP contribution is 2.37. The maximum absolute atomic E-state index is 11.3. The highest BCUT2D eigenvalue weighted by molar-refractivity contribution is 7.12. The highest BCUT2D eigenvalue weighted by atomic mass is 32.1. The van der Waals surface area contributed by atoms with E-state index in [9.17, 15) is 9.90 Å². The second-order valence-corrected chi connectivity index (χ2v) is 4.04. The van der Waals surface area contributed by atoms with Crippen molar-refractivity contribution >= 4 is 17.3 Å². The predicted octanol–water partition coefficient (Wildman–Crippen LogP) is 1.64. The van der Waals surface area contributed by atoms with Crippen molar-refractivity contribution in [3.05, 3.63) is 22.5 Å². The lowest BCUT2D eigenvalue weighted by atomic mass is 10.2. The summed E-state index contributed by atoms with van der Waals surface area (Å²) in [4.78, 5) is 11.5. The van der Waals surface area contributed by atoms with Gasteiger partial charge in [0.15, 0.2) is 4.88 Å². The SMILES string of the molecule is COC(=O)c1scc(-c2ccnn2C)c1O. The van der Waals surface area contributed by atoms with Crippen molar-refractivity contribution in [1.29, 1.82) is 0 Å². The van der Waals surface area contributed by atoms with Crippen molar-refractivity contribution < 1.29 is 14.6 Å². The zero-order valence-electron chi connectivity index (χ0n) is 8.80. The minimum Gasteiger partial charge on any atom is -0.505 e. The van der Waals surface area contributed by atoms with Crippen molar-refractivity contribution in [2.24, 2.45) is 7.05 Å². The smallest absolute Gasteiger partial charge is 0.351 e. The molecule has 0 fully saturated rings. The van der Waals surface area contributed by atoms with Gasteiger partial charge in [-0.1, -0.05) is 0 Å². The van der Waals surface area contributed by atoms with Crippen molar-refractivity contribution in [1.82, 2.24) is 9.78 Å². The number of carbonyl (C=O) groups is 1. The number of hydrogen-bond acceptors (Lipinski definition) is 5. The highest BCUT2D eigenvalue weighted by Gasteiger charge is 2.20. The Morgan fingerprint density at radius 2 is 2.38 bits per heavy atom. The van der Waals surface area contributed by atoms with Gasteiger partial charge in [0.1, 0.15) is 5.75 Å². The van der Waals surface area contributed by atoms with E-state index in [-0.39, 0.29) is 10.6 Å². The van der Waals surface area contributed by atoms with Gasteiger partial charge in [0.2, 0.25) is 0 Å². The van der Waals surface area contributed by atoms with Crippen LogP contribution in [-0.4, -0.2) is 28.0 Å². The average molecular weight is 238 g/mol. The van der Waals surface area contributed by atoms with E-state index in [0.29, 0.717) is 5.56 Å². The molecule has 2 aromatic heterocycles. The molecule has 2 rings (SSSR count). The molecule has 6 heteroatoms. The summed E-state index contributed by atoms with van der Waals surface area (Å²) in [5, 5.41) is 15.6. The van der Waals surface area contributed by atoms with Gasteiger partial charge in [0.25, 0.3) is 0 Å². The summed E-state index contributed by atoms with van der Waals surface area (Å²) in [5.74, 6) is -0.587. The van der Waals surface area contributed by atoms with E-state index >= 15 is 0 Å². The molecule has 0 atom stereocenters. The van der Waals surface area contributed by atoms with E-state index in [1.807, 2.05) is 0 Å². The zero-order valence-corrected chi connectivity index (χ0v) is 9.61. The second kappa shape index (κ2) is 3.97. The van der Waals surface area contributed by atoms with Crippen molar-refractivity contribution in [2.75, 3.05) is 7.11 Å². The molecule has 5 nitrogen and oxygen atoms in total. The van der Waals surface area contributed by atoms with Crippen LogP contribution in [0.4, 0.5) is 0 Å². The number of methoxy groups -OCH3 is 1. The Labute approximate surface area is 95.9 Å². The van der Waals surface area contributed by atoms with Gasteiger partial charge in [0, 0.05) is 18.6 Å². The molecule has 0 aliphatic heterocycles. The summed E-state index contributed by atoms with van der Waals surface area (Å²) in [7, 11) is 3.05. The van der Waals surface area contributed by atoms with Crippen LogP contribution < -0.4 is 0 Å². The molecule has 1 N–H and O–H groups in total. The van der Waals surface area contributed by atoms with Gasteiger partial charge in [-0.2, -0.15) is 5.10 Å². The van der Waals surface area contributed by atoms with Gasteiger partial charge in [-0.25, -0.2) is 4.79 Å². The molecule has 0 spiro atoms. The molecule has 0 unspecified atom stereocenters. The molecule has 0 amide bonds. The molecule has 0 saturated heterocycles. The Bertz CT molecular complexity index is 530. The van der Waals surface area contributed by atoms with Crippen LogP contribution in [-0.2, 0) is 11.8 Å². The lowest BCUT2D eigenvalue weighted by molar-refractivity contribution is 0.0603. The van der Waals surface area contributed by atoms with E-state index in [2.05, 4.69) is 9.84 Å². The number of rotatable bonds is 2. The summed E-state index contributed by atoms with van der Waals surface area (Å²) in [6, 6.07) is 1.77. The first kappa shape index (κ1) is 10.7. The van der Waals surface area contributed by atoms with Gasteiger partial charge in [-0.3, -0.25) is 4.68 Å². The Morgan fingerprint density at radius 1 is 1.62 bits per heavy atom. The molecule has 84 valence electrons. The quantitative estimate of drug-likeness (QED) is 0.808. The van der Waals surface area contributed by atoms with Crippen molar-refractivity contribution in [3.63, 3.8) is 0 Å². The first-order chi connectivity index (χ1) is 7.65. The molecule has 2 aromatic rings. The molecular weight excluding hydrogens is 228 g/mol. The standard InChI is InChI=1S/C10H10N2O3S/c1-12-7(3-4-11-12)6-5-16-9(8(6)13)10(14)15-2/h3-5,13H,1-2H3. The number of esters is 1.